The lowest BCUT2D eigenvalue weighted by molar-refractivity contribution is 0.517. The number of carbonyl (C=O) groups excluding carboxylic acids is 1. The predicted octanol–water partition coefficient (Wildman–Crippen LogP) is 1.59. The van der Waals surface area contributed by atoms with Crippen molar-refractivity contribution in [2.75, 3.05) is 5.88 Å². The summed E-state index contributed by atoms with van der Waals surface area (Å²) in [6, 6.07) is -0.0656. The lowest BCUT2D eigenvalue weighted by atomic mass is 10.1. The van der Waals surface area contributed by atoms with E-state index >= 15 is 0 Å². The molecule has 52 valence electrons. The van der Waals surface area contributed by atoms with Gasteiger partial charge in [0.1, 0.15) is 0 Å². The summed E-state index contributed by atoms with van der Waals surface area (Å²) >= 11 is 5.47. The summed E-state index contributed by atoms with van der Waals surface area (Å²) in [6.45, 7) is 3.93. The fraction of sp³-hybridized carbons (Fsp3) is 0.833. The monoisotopic (exact) mass is 147 g/mol. The van der Waals surface area contributed by atoms with E-state index in [1.54, 1.807) is 0 Å². The Labute approximate surface area is 59.9 Å². The second-order valence-corrected chi connectivity index (χ2v) is 2.49. The number of hydrogen-bond donors (Lipinski definition) is 0. The third-order valence-corrected chi connectivity index (χ3v) is 1.46. The van der Waals surface area contributed by atoms with E-state index in [1.165, 1.54) is 6.08 Å². The van der Waals surface area contributed by atoms with Gasteiger partial charge < -0.3 is 0 Å². The molecule has 0 saturated carbocycles. The quantitative estimate of drug-likeness (QED) is 0.339. The van der Waals surface area contributed by atoms with Crippen molar-refractivity contribution < 1.29 is 4.79 Å². The summed E-state index contributed by atoms with van der Waals surface area (Å²) in [7, 11) is 0. The molecule has 0 saturated heterocycles. The first kappa shape index (κ1) is 8.67. The molecule has 0 aromatic heterocycles. The Hall–Kier alpha value is -0.330. The van der Waals surface area contributed by atoms with Crippen molar-refractivity contribution in [3.05, 3.63) is 0 Å². The fourth-order valence-corrected chi connectivity index (χ4v) is 0.855. The molecule has 0 radical (unpaired) electrons. The minimum Gasteiger partial charge on any atom is -0.211 e. The van der Waals surface area contributed by atoms with E-state index in [4.69, 9.17) is 11.6 Å². The number of isocyanates is 1. The Bertz CT molecular complexity index is 118. The molecule has 0 spiro atoms. The van der Waals surface area contributed by atoms with Crippen LogP contribution in [-0.4, -0.2) is 18.0 Å². The van der Waals surface area contributed by atoms with Gasteiger partial charge in [-0.2, -0.15) is 0 Å². The minimum absolute atomic E-state index is 0.0656. The summed E-state index contributed by atoms with van der Waals surface area (Å²) in [5.41, 5.74) is 0. The number of halogens is 1. The van der Waals surface area contributed by atoms with Crippen LogP contribution in [0.4, 0.5) is 0 Å². The molecule has 9 heavy (non-hydrogen) atoms. The number of hydrogen-bond acceptors (Lipinski definition) is 2. The maximum absolute atomic E-state index is 9.73. The molecule has 0 aromatic carbocycles. The van der Waals surface area contributed by atoms with Crippen LogP contribution in [0.25, 0.3) is 0 Å². The number of alkyl halides is 1. The van der Waals surface area contributed by atoms with Crippen LogP contribution >= 0.6 is 11.6 Å². The van der Waals surface area contributed by atoms with Gasteiger partial charge in [0, 0.05) is 5.88 Å². The molecule has 1 atom stereocenters. The molecule has 0 aliphatic carbocycles. The van der Waals surface area contributed by atoms with Crippen molar-refractivity contribution in [1.29, 1.82) is 0 Å². The highest BCUT2D eigenvalue weighted by atomic mass is 35.5. The lowest BCUT2D eigenvalue weighted by Gasteiger charge is -2.08. The topological polar surface area (TPSA) is 29.4 Å². The second-order valence-electron chi connectivity index (χ2n) is 2.19. The van der Waals surface area contributed by atoms with Gasteiger partial charge in [0.2, 0.25) is 6.08 Å². The zero-order valence-electron chi connectivity index (χ0n) is 5.60. The van der Waals surface area contributed by atoms with Crippen molar-refractivity contribution in [1.82, 2.24) is 0 Å². The van der Waals surface area contributed by atoms with Crippen LogP contribution in [-0.2, 0) is 4.79 Å². The first-order chi connectivity index (χ1) is 4.22. The van der Waals surface area contributed by atoms with Crippen molar-refractivity contribution in [3.8, 4) is 0 Å². The molecule has 0 heterocycles. The van der Waals surface area contributed by atoms with Crippen LogP contribution in [0.2, 0.25) is 0 Å². The SMILES string of the molecule is CC(C)[C@@H](CCl)N=C=O. The molecule has 0 unspecified atom stereocenters. The molecule has 0 aliphatic rings. The zero-order valence-corrected chi connectivity index (χ0v) is 6.35. The maximum Gasteiger partial charge on any atom is 0.235 e. The van der Waals surface area contributed by atoms with Crippen LogP contribution in [0.15, 0.2) is 4.99 Å². The van der Waals surface area contributed by atoms with Crippen molar-refractivity contribution in [2.45, 2.75) is 19.9 Å². The van der Waals surface area contributed by atoms with E-state index in [0.29, 0.717) is 11.8 Å². The zero-order chi connectivity index (χ0) is 7.28. The Kier molecular flexibility index (Phi) is 4.37. The van der Waals surface area contributed by atoms with Crippen LogP contribution in [0, 0.1) is 5.92 Å². The third kappa shape index (κ3) is 3.28. The molecule has 0 bridgehead atoms. The maximum atomic E-state index is 9.73. The van der Waals surface area contributed by atoms with Gasteiger partial charge in [0.05, 0.1) is 6.04 Å². The van der Waals surface area contributed by atoms with Crippen molar-refractivity contribution in [2.24, 2.45) is 10.9 Å². The van der Waals surface area contributed by atoms with Crippen molar-refractivity contribution in [3.63, 3.8) is 0 Å². The molecule has 0 aromatic rings. The third-order valence-electron chi connectivity index (χ3n) is 1.15. The second kappa shape index (κ2) is 4.54. The molecular weight excluding hydrogens is 138 g/mol. The molecule has 0 amide bonds. The van der Waals surface area contributed by atoms with E-state index in [-0.39, 0.29) is 6.04 Å². The highest BCUT2D eigenvalue weighted by molar-refractivity contribution is 6.18. The molecule has 0 fully saturated rings. The number of rotatable bonds is 3. The van der Waals surface area contributed by atoms with Crippen LogP contribution in [0.5, 0.6) is 0 Å². The lowest BCUT2D eigenvalue weighted by Crippen LogP contribution is -2.13. The van der Waals surface area contributed by atoms with E-state index in [2.05, 4.69) is 4.99 Å². The Morgan fingerprint density at radius 2 is 2.22 bits per heavy atom. The summed E-state index contributed by atoms with van der Waals surface area (Å²) in [5.74, 6) is 0.719. The highest BCUT2D eigenvalue weighted by Gasteiger charge is 2.08. The van der Waals surface area contributed by atoms with Gasteiger partial charge in [-0.25, -0.2) is 9.79 Å². The Morgan fingerprint density at radius 1 is 1.67 bits per heavy atom. The Morgan fingerprint density at radius 3 is 2.33 bits per heavy atom. The molecule has 0 aliphatic heterocycles. The molecule has 3 heteroatoms. The summed E-state index contributed by atoms with van der Waals surface area (Å²) < 4.78 is 0. The van der Waals surface area contributed by atoms with Gasteiger partial charge in [0.25, 0.3) is 0 Å². The van der Waals surface area contributed by atoms with Gasteiger partial charge in [0.15, 0.2) is 0 Å². The predicted molar refractivity (Wildman–Crippen MR) is 37.5 cm³/mol. The van der Waals surface area contributed by atoms with Crippen LogP contribution in [0.3, 0.4) is 0 Å². The van der Waals surface area contributed by atoms with Gasteiger partial charge in [-0.3, -0.25) is 0 Å². The van der Waals surface area contributed by atoms with Crippen LogP contribution in [0.1, 0.15) is 13.8 Å². The molecule has 0 N–H and O–H groups in total. The number of aliphatic imine (C=N–C) groups is 1. The average molecular weight is 148 g/mol. The first-order valence-electron chi connectivity index (χ1n) is 2.85. The normalized spacial score (nSPS) is 12.9. The first-order valence-corrected chi connectivity index (χ1v) is 3.38. The Balaban J connectivity index is 3.82. The smallest absolute Gasteiger partial charge is 0.211 e. The van der Waals surface area contributed by atoms with Crippen molar-refractivity contribution >= 4 is 17.7 Å². The fourth-order valence-electron chi connectivity index (χ4n) is 0.429. The van der Waals surface area contributed by atoms with Gasteiger partial charge in [-0.15, -0.1) is 11.6 Å². The summed E-state index contributed by atoms with van der Waals surface area (Å²) in [4.78, 5) is 13.2. The van der Waals surface area contributed by atoms with E-state index in [9.17, 15) is 4.79 Å². The van der Waals surface area contributed by atoms with Gasteiger partial charge in [-0.1, -0.05) is 13.8 Å². The standard InChI is InChI=1S/C6H10ClNO/c1-5(2)6(3-7)8-4-9/h5-6H,3H2,1-2H3/t6-/m1/s1. The van der Waals surface area contributed by atoms with E-state index in [0.717, 1.165) is 0 Å². The van der Waals surface area contributed by atoms with Gasteiger partial charge >= 0.3 is 0 Å². The molecule has 0 rings (SSSR count). The average Bonchev–Trinajstić information content (AvgIpc) is 1.82. The summed E-state index contributed by atoms with van der Waals surface area (Å²) in [5, 5.41) is 0. The minimum atomic E-state index is -0.0656. The number of nitrogens with zero attached hydrogens (tertiary/aromatic N) is 1. The molecular formula is C6H10ClNO. The summed E-state index contributed by atoms with van der Waals surface area (Å²) in [6.07, 6.45) is 1.49. The molecule has 2 nitrogen and oxygen atoms in total. The largest absolute Gasteiger partial charge is 0.235 e. The van der Waals surface area contributed by atoms with Gasteiger partial charge in [-0.05, 0) is 5.92 Å². The highest BCUT2D eigenvalue weighted by Crippen LogP contribution is 2.06. The van der Waals surface area contributed by atoms with Crippen LogP contribution < -0.4 is 0 Å². The van der Waals surface area contributed by atoms with E-state index in [1.807, 2.05) is 13.8 Å². The van der Waals surface area contributed by atoms with E-state index < -0.39 is 0 Å².